The van der Waals surface area contributed by atoms with E-state index in [0.717, 1.165) is 5.69 Å². The number of anilines is 1. The third-order valence-electron chi connectivity index (χ3n) is 2.13. The highest BCUT2D eigenvalue weighted by Crippen LogP contribution is 2.23. The number of hydrogen-bond acceptors (Lipinski definition) is 5. The molecule has 2 rings (SSSR count). The molecule has 0 unspecified atom stereocenters. The largest absolute Gasteiger partial charge is 0.371 e. The topological polar surface area (TPSA) is 63.6 Å². The van der Waals surface area contributed by atoms with Gasteiger partial charge < -0.3 is 5.32 Å². The van der Waals surface area contributed by atoms with Crippen molar-refractivity contribution in [3.8, 4) is 0 Å². The van der Waals surface area contributed by atoms with Crippen molar-refractivity contribution >= 4 is 40.1 Å². The second-order valence-electron chi connectivity index (χ2n) is 3.08. The summed E-state index contributed by atoms with van der Waals surface area (Å²) in [6, 6.07) is 0. The average molecular weight is 258 g/mol. The summed E-state index contributed by atoms with van der Waals surface area (Å²) in [4.78, 5) is 16.4. The normalized spacial score (nSPS) is 10.8. The van der Waals surface area contributed by atoms with Crippen LogP contribution in [0, 0.1) is 0 Å². The van der Waals surface area contributed by atoms with E-state index in [1.807, 2.05) is 6.92 Å². The minimum absolute atomic E-state index is 0.164. The quantitative estimate of drug-likeness (QED) is 0.837. The lowest BCUT2D eigenvalue weighted by Gasteiger charge is -2.07. The van der Waals surface area contributed by atoms with Gasteiger partial charge in [0, 0.05) is 7.05 Å². The fraction of sp³-hybridized carbons (Fsp3) is 0.333. The molecule has 1 N–H and O–H groups in total. The molecule has 2 aromatic rings. The number of hydrogen-bond donors (Lipinski definition) is 1. The second-order valence-corrected chi connectivity index (χ2v) is 3.76. The summed E-state index contributed by atoms with van der Waals surface area (Å²) in [5.74, 6) is 0.550. The number of nitrogens with zero attached hydrogens (tertiary/aromatic N) is 4. The van der Waals surface area contributed by atoms with Crippen molar-refractivity contribution in [1.82, 2.24) is 19.9 Å². The minimum Gasteiger partial charge on any atom is -0.371 e. The lowest BCUT2D eigenvalue weighted by atomic mass is 10.2. The molecule has 0 saturated carbocycles. The Hall–Kier alpha value is -1.20. The monoisotopic (exact) mass is 257 g/mol. The van der Waals surface area contributed by atoms with Gasteiger partial charge in [-0.15, -0.1) is 0 Å². The Balaban J connectivity index is 2.87. The minimum atomic E-state index is 0.164. The summed E-state index contributed by atoms with van der Waals surface area (Å²) >= 11 is 11.7. The highest BCUT2D eigenvalue weighted by atomic mass is 35.5. The predicted molar refractivity (Wildman–Crippen MR) is 64.1 cm³/mol. The number of nitrogens with one attached hydrogen (secondary N) is 1. The van der Waals surface area contributed by atoms with Crippen LogP contribution >= 0.6 is 23.2 Å². The van der Waals surface area contributed by atoms with Crippen LogP contribution in [-0.4, -0.2) is 27.0 Å². The van der Waals surface area contributed by atoms with Gasteiger partial charge in [-0.25, -0.2) is 15.0 Å². The number of aryl methyl sites for hydroxylation is 1. The molecule has 0 amide bonds. The molecule has 2 heterocycles. The first-order valence-electron chi connectivity index (χ1n) is 4.73. The SMILES string of the molecule is CCc1nc(Cl)nc2c(NC)nc(Cl)nc12. The molecule has 0 spiro atoms. The summed E-state index contributed by atoms with van der Waals surface area (Å²) in [6.45, 7) is 1.97. The van der Waals surface area contributed by atoms with Crippen LogP contribution in [0.3, 0.4) is 0 Å². The first kappa shape index (κ1) is 11.3. The highest BCUT2D eigenvalue weighted by Gasteiger charge is 2.12. The fourth-order valence-corrected chi connectivity index (χ4v) is 1.79. The molecule has 7 heteroatoms. The van der Waals surface area contributed by atoms with Crippen LogP contribution in [0.15, 0.2) is 0 Å². The molecule has 84 valence electrons. The van der Waals surface area contributed by atoms with Crippen molar-refractivity contribution < 1.29 is 0 Å². The molecule has 0 bridgehead atoms. The van der Waals surface area contributed by atoms with Crippen LogP contribution in [0.5, 0.6) is 0 Å². The number of aromatic nitrogens is 4. The van der Waals surface area contributed by atoms with Gasteiger partial charge in [-0.05, 0) is 29.6 Å². The van der Waals surface area contributed by atoms with E-state index < -0.39 is 0 Å². The number of fused-ring (bicyclic) bond motifs is 1. The summed E-state index contributed by atoms with van der Waals surface area (Å²) in [7, 11) is 1.74. The van der Waals surface area contributed by atoms with Gasteiger partial charge in [-0.2, -0.15) is 4.98 Å². The van der Waals surface area contributed by atoms with Crippen molar-refractivity contribution in [2.24, 2.45) is 0 Å². The summed E-state index contributed by atoms with van der Waals surface area (Å²) in [5, 5.41) is 3.26. The van der Waals surface area contributed by atoms with E-state index in [2.05, 4.69) is 25.3 Å². The maximum absolute atomic E-state index is 5.83. The van der Waals surface area contributed by atoms with Crippen LogP contribution in [-0.2, 0) is 6.42 Å². The van der Waals surface area contributed by atoms with Crippen LogP contribution in [0.1, 0.15) is 12.6 Å². The predicted octanol–water partition coefficient (Wildman–Crippen LogP) is 2.33. The summed E-state index contributed by atoms with van der Waals surface area (Å²) in [5.41, 5.74) is 1.98. The van der Waals surface area contributed by atoms with Crippen LogP contribution in [0.4, 0.5) is 5.82 Å². The Kier molecular flexibility index (Phi) is 3.07. The van der Waals surface area contributed by atoms with Crippen molar-refractivity contribution in [2.45, 2.75) is 13.3 Å². The zero-order chi connectivity index (χ0) is 11.7. The van der Waals surface area contributed by atoms with Crippen molar-refractivity contribution in [2.75, 3.05) is 12.4 Å². The van der Waals surface area contributed by atoms with Crippen LogP contribution in [0.2, 0.25) is 10.6 Å². The molecule has 2 aromatic heterocycles. The van der Waals surface area contributed by atoms with E-state index in [9.17, 15) is 0 Å². The molecule has 0 aliphatic rings. The molecular weight excluding hydrogens is 249 g/mol. The Labute approximate surface area is 102 Å². The molecule has 0 atom stereocenters. The second kappa shape index (κ2) is 4.35. The molecule has 0 aliphatic carbocycles. The van der Waals surface area contributed by atoms with Crippen molar-refractivity contribution in [3.63, 3.8) is 0 Å². The maximum atomic E-state index is 5.83. The van der Waals surface area contributed by atoms with E-state index >= 15 is 0 Å². The van der Waals surface area contributed by atoms with Gasteiger partial charge in [0.2, 0.25) is 10.6 Å². The first-order valence-corrected chi connectivity index (χ1v) is 5.48. The Morgan fingerprint density at radius 1 is 1.00 bits per heavy atom. The van der Waals surface area contributed by atoms with E-state index in [-0.39, 0.29) is 10.6 Å². The molecule has 0 saturated heterocycles. The van der Waals surface area contributed by atoms with Gasteiger partial charge >= 0.3 is 0 Å². The smallest absolute Gasteiger partial charge is 0.225 e. The van der Waals surface area contributed by atoms with E-state index in [1.165, 1.54) is 0 Å². The van der Waals surface area contributed by atoms with E-state index in [1.54, 1.807) is 7.05 Å². The maximum Gasteiger partial charge on any atom is 0.225 e. The molecule has 5 nitrogen and oxygen atoms in total. The third-order valence-corrected chi connectivity index (χ3v) is 2.47. The molecule has 0 radical (unpaired) electrons. The third kappa shape index (κ3) is 1.88. The Bertz CT molecular complexity index is 494. The molecule has 0 fully saturated rings. The van der Waals surface area contributed by atoms with Crippen LogP contribution < -0.4 is 5.32 Å². The summed E-state index contributed by atoms with van der Waals surface area (Å²) < 4.78 is 0. The van der Waals surface area contributed by atoms with Gasteiger partial charge in [0.1, 0.15) is 11.0 Å². The molecular formula is C9H9Cl2N5. The number of halogens is 2. The lowest BCUT2D eigenvalue weighted by molar-refractivity contribution is 1.01. The zero-order valence-corrected chi connectivity index (χ0v) is 10.3. The molecule has 16 heavy (non-hydrogen) atoms. The average Bonchev–Trinajstić information content (AvgIpc) is 2.27. The van der Waals surface area contributed by atoms with Gasteiger partial charge in [0.25, 0.3) is 0 Å². The molecule has 0 aliphatic heterocycles. The van der Waals surface area contributed by atoms with Gasteiger partial charge in [-0.1, -0.05) is 6.92 Å². The molecule has 0 aromatic carbocycles. The van der Waals surface area contributed by atoms with Crippen LogP contribution in [0.25, 0.3) is 11.0 Å². The fourth-order valence-electron chi connectivity index (χ4n) is 1.44. The van der Waals surface area contributed by atoms with E-state index in [0.29, 0.717) is 23.3 Å². The first-order chi connectivity index (χ1) is 7.65. The Morgan fingerprint density at radius 3 is 2.25 bits per heavy atom. The van der Waals surface area contributed by atoms with Crippen molar-refractivity contribution in [3.05, 3.63) is 16.3 Å². The highest BCUT2D eigenvalue weighted by molar-refractivity contribution is 6.29. The van der Waals surface area contributed by atoms with Gasteiger partial charge in [0.05, 0.1) is 5.69 Å². The van der Waals surface area contributed by atoms with Gasteiger partial charge in [-0.3, -0.25) is 0 Å². The van der Waals surface area contributed by atoms with E-state index in [4.69, 9.17) is 23.2 Å². The van der Waals surface area contributed by atoms with Gasteiger partial charge in [0.15, 0.2) is 5.82 Å². The summed E-state index contributed by atoms with van der Waals surface area (Å²) in [6.07, 6.45) is 0.704. The van der Waals surface area contributed by atoms with Crippen molar-refractivity contribution in [1.29, 1.82) is 0 Å². The number of rotatable bonds is 2. The zero-order valence-electron chi connectivity index (χ0n) is 8.75. The standard InChI is InChI=1S/C9H9Cl2N5/c1-3-4-5-6(15-8(10)13-4)7(12-2)16-9(11)14-5/h3H2,1-2H3,(H,12,14,16). The lowest BCUT2D eigenvalue weighted by Crippen LogP contribution is -2.02. The Morgan fingerprint density at radius 2 is 1.62 bits per heavy atom.